The van der Waals surface area contributed by atoms with Crippen LogP contribution >= 0.6 is 0 Å². The average molecular weight is 324 g/mol. The highest BCUT2D eigenvalue weighted by atomic mass is 16.7. The fraction of sp³-hybridized carbons (Fsp3) is 0.125. The van der Waals surface area contributed by atoms with E-state index in [0.717, 1.165) is 5.56 Å². The molecule has 1 aliphatic heterocycles. The van der Waals surface area contributed by atoms with Crippen LogP contribution in [0.5, 0.6) is 11.5 Å². The zero-order valence-electron chi connectivity index (χ0n) is 12.6. The third-order valence-electron chi connectivity index (χ3n) is 3.64. The molecule has 0 bridgehead atoms. The van der Waals surface area contributed by atoms with Gasteiger partial charge in [-0.3, -0.25) is 4.40 Å². The number of fused-ring (bicyclic) bond motifs is 2. The van der Waals surface area contributed by atoms with Crippen LogP contribution in [0, 0.1) is 6.92 Å². The Bertz CT molecular complexity index is 993. The molecule has 8 heteroatoms. The van der Waals surface area contributed by atoms with Crippen LogP contribution in [0.3, 0.4) is 0 Å². The molecule has 1 N–H and O–H groups in total. The maximum absolute atomic E-state index is 11.5. The molecule has 3 heterocycles. The molecule has 120 valence electrons. The lowest BCUT2D eigenvalue weighted by Gasteiger charge is -1.99. The number of hydrogen-bond acceptors (Lipinski definition) is 6. The number of carboxylic acid groups (broad SMARTS) is 1. The van der Waals surface area contributed by atoms with Gasteiger partial charge < -0.3 is 14.6 Å². The van der Waals surface area contributed by atoms with Crippen molar-refractivity contribution in [2.24, 2.45) is 10.2 Å². The van der Waals surface area contributed by atoms with E-state index in [0.29, 0.717) is 22.8 Å². The lowest BCUT2D eigenvalue weighted by molar-refractivity contribution is 0.0692. The largest absolute Gasteiger partial charge is 0.476 e. The Kier molecular flexibility index (Phi) is 3.16. The van der Waals surface area contributed by atoms with E-state index in [9.17, 15) is 9.90 Å². The van der Waals surface area contributed by atoms with E-state index in [-0.39, 0.29) is 18.3 Å². The molecule has 0 amide bonds. The zero-order valence-corrected chi connectivity index (χ0v) is 12.6. The van der Waals surface area contributed by atoms with E-state index in [1.807, 2.05) is 13.0 Å². The van der Waals surface area contributed by atoms with E-state index in [1.165, 1.54) is 0 Å². The highest BCUT2D eigenvalue weighted by molar-refractivity contribution is 5.92. The number of hydrogen-bond donors (Lipinski definition) is 1. The molecule has 24 heavy (non-hydrogen) atoms. The summed E-state index contributed by atoms with van der Waals surface area (Å²) in [5, 5.41) is 17.6. The SMILES string of the molecule is Cc1cccn2c(N=Nc3ccc4c(c3)OCO4)c(C(=O)O)nc12. The zero-order chi connectivity index (χ0) is 16.7. The fourth-order valence-corrected chi connectivity index (χ4v) is 2.48. The first-order valence-corrected chi connectivity index (χ1v) is 7.16. The molecule has 0 atom stereocenters. The number of pyridine rings is 1. The Balaban J connectivity index is 1.80. The van der Waals surface area contributed by atoms with Crippen molar-refractivity contribution < 1.29 is 19.4 Å². The molecule has 3 aromatic rings. The Morgan fingerprint density at radius 2 is 2.08 bits per heavy atom. The van der Waals surface area contributed by atoms with Crippen LogP contribution in [0.2, 0.25) is 0 Å². The number of aryl methyl sites for hydroxylation is 1. The molecule has 8 nitrogen and oxygen atoms in total. The monoisotopic (exact) mass is 324 g/mol. The summed E-state index contributed by atoms with van der Waals surface area (Å²) in [5.74, 6) is 0.237. The van der Waals surface area contributed by atoms with E-state index in [2.05, 4.69) is 15.2 Å². The van der Waals surface area contributed by atoms with Crippen molar-refractivity contribution in [3.63, 3.8) is 0 Å². The minimum Gasteiger partial charge on any atom is -0.476 e. The average Bonchev–Trinajstić information content (AvgIpc) is 3.17. The van der Waals surface area contributed by atoms with Gasteiger partial charge in [0, 0.05) is 12.3 Å². The maximum atomic E-state index is 11.5. The maximum Gasteiger partial charge on any atom is 0.358 e. The number of imidazole rings is 1. The molecular weight excluding hydrogens is 312 g/mol. The van der Waals surface area contributed by atoms with E-state index >= 15 is 0 Å². The van der Waals surface area contributed by atoms with Crippen LogP contribution in [-0.4, -0.2) is 27.3 Å². The van der Waals surface area contributed by atoms with Gasteiger partial charge in [-0.1, -0.05) is 6.07 Å². The highest BCUT2D eigenvalue weighted by Gasteiger charge is 2.19. The van der Waals surface area contributed by atoms with Crippen molar-refractivity contribution in [3.05, 3.63) is 47.8 Å². The molecule has 4 rings (SSSR count). The quantitative estimate of drug-likeness (QED) is 0.744. The number of nitrogens with zero attached hydrogens (tertiary/aromatic N) is 4. The van der Waals surface area contributed by atoms with E-state index in [1.54, 1.807) is 34.9 Å². The number of ether oxygens (including phenoxy) is 2. The van der Waals surface area contributed by atoms with Gasteiger partial charge in [0.1, 0.15) is 5.65 Å². The van der Waals surface area contributed by atoms with Gasteiger partial charge in [-0.25, -0.2) is 9.78 Å². The van der Waals surface area contributed by atoms with Crippen LogP contribution in [0.4, 0.5) is 11.5 Å². The molecule has 2 aromatic heterocycles. The van der Waals surface area contributed by atoms with Crippen molar-refractivity contribution in [1.29, 1.82) is 0 Å². The third-order valence-corrected chi connectivity index (χ3v) is 3.64. The first-order chi connectivity index (χ1) is 11.6. The van der Waals surface area contributed by atoms with Gasteiger partial charge in [0.2, 0.25) is 6.79 Å². The highest BCUT2D eigenvalue weighted by Crippen LogP contribution is 2.36. The normalized spacial score (nSPS) is 13.0. The smallest absolute Gasteiger partial charge is 0.358 e. The molecule has 0 aliphatic carbocycles. The number of benzene rings is 1. The number of azo groups is 1. The predicted molar refractivity (Wildman–Crippen MR) is 83.6 cm³/mol. The minimum absolute atomic E-state index is 0.145. The summed E-state index contributed by atoms with van der Waals surface area (Å²) < 4.78 is 12.1. The number of aromatic nitrogens is 2. The van der Waals surface area contributed by atoms with Gasteiger partial charge in [-0.15, -0.1) is 10.2 Å². The second-order valence-corrected chi connectivity index (χ2v) is 5.21. The van der Waals surface area contributed by atoms with Crippen molar-refractivity contribution in [2.45, 2.75) is 6.92 Å². The van der Waals surface area contributed by atoms with Gasteiger partial charge in [-0.05, 0) is 30.7 Å². The van der Waals surface area contributed by atoms with E-state index < -0.39 is 5.97 Å². The molecule has 0 saturated carbocycles. The van der Waals surface area contributed by atoms with Crippen LogP contribution < -0.4 is 9.47 Å². The second-order valence-electron chi connectivity index (χ2n) is 5.21. The number of rotatable bonds is 3. The van der Waals surface area contributed by atoms with Gasteiger partial charge in [0.15, 0.2) is 23.0 Å². The number of carbonyl (C=O) groups is 1. The predicted octanol–water partition coefficient (Wildman–Crippen LogP) is 3.49. The summed E-state index contributed by atoms with van der Waals surface area (Å²) in [7, 11) is 0. The first kappa shape index (κ1) is 14.2. The number of carboxylic acids is 1. The van der Waals surface area contributed by atoms with Gasteiger partial charge in [0.05, 0.1) is 5.69 Å². The molecule has 1 aliphatic rings. The fourth-order valence-electron chi connectivity index (χ4n) is 2.48. The van der Waals surface area contributed by atoms with Gasteiger partial charge in [-0.2, -0.15) is 0 Å². The molecule has 1 aromatic carbocycles. The second kappa shape index (κ2) is 5.34. The summed E-state index contributed by atoms with van der Waals surface area (Å²) in [6.07, 6.45) is 1.70. The van der Waals surface area contributed by atoms with Gasteiger partial charge >= 0.3 is 5.97 Å². The van der Waals surface area contributed by atoms with E-state index in [4.69, 9.17) is 9.47 Å². The molecule has 0 fully saturated rings. The molecular formula is C16H12N4O4. The van der Waals surface area contributed by atoms with Crippen molar-refractivity contribution in [3.8, 4) is 11.5 Å². The summed E-state index contributed by atoms with van der Waals surface area (Å²) in [6.45, 7) is 2.03. The molecule has 0 spiro atoms. The summed E-state index contributed by atoms with van der Waals surface area (Å²) in [6, 6.07) is 8.78. The standard InChI is InChI=1S/C16H12N4O4/c1-9-3-2-6-20-14(9)17-13(16(21)22)15(20)19-18-10-4-5-11-12(7-10)24-8-23-11/h2-7H,8H2,1H3,(H,21,22). The van der Waals surface area contributed by atoms with Gasteiger partial charge in [0.25, 0.3) is 0 Å². The van der Waals surface area contributed by atoms with Crippen LogP contribution in [0.15, 0.2) is 46.8 Å². The van der Waals surface area contributed by atoms with Crippen molar-refractivity contribution in [2.75, 3.05) is 6.79 Å². The molecule has 0 unspecified atom stereocenters. The molecule has 0 radical (unpaired) electrons. The Hall–Kier alpha value is -3.42. The number of aromatic carboxylic acids is 1. The summed E-state index contributed by atoms with van der Waals surface area (Å²) in [5.41, 5.74) is 1.77. The van der Waals surface area contributed by atoms with Crippen LogP contribution in [0.1, 0.15) is 16.1 Å². The van der Waals surface area contributed by atoms with Crippen LogP contribution in [0.25, 0.3) is 5.65 Å². The van der Waals surface area contributed by atoms with Crippen LogP contribution in [-0.2, 0) is 0 Å². The summed E-state index contributed by atoms with van der Waals surface area (Å²) in [4.78, 5) is 15.6. The Morgan fingerprint density at radius 3 is 2.92 bits per heavy atom. The Labute approximate surface area is 136 Å². The minimum atomic E-state index is -1.15. The lowest BCUT2D eigenvalue weighted by Crippen LogP contribution is -1.96. The topological polar surface area (TPSA) is 97.8 Å². The first-order valence-electron chi connectivity index (χ1n) is 7.16. The third kappa shape index (κ3) is 2.24. The van der Waals surface area contributed by atoms with Crippen molar-refractivity contribution >= 4 is 23.1 Å². The summed E-state index contributed by atoms with van der Waals surface area (Å²) >= 11 is 0. The Morgan fingerprint density at radius 1 is 1.25 bits per heavy atom. The van der Waals surface area contributed by atoms with Crippen molar-refractivity contribution in [1.82, 2.24) is 9.38 Å². The molecule has 0 saturated heterocycles. The lowest BCUT2D eigenvalue weighted by atomic mass is 10.3.